The second kappa shape index (κ2) is 10.3. The van der Waals surface area contributed by atoms with Crippen LogP contribution in [-0.2, 0) is 13.0 Å². The summed E-state index contributed by atoms with van der Waals surface area (Å²) in [6.45, 7) is 1.06. The molecular formula is C21H18ClFN6O. The maximum atomic E-state index is 13.6. The van der Waals surface area contributed by atoms with Gasteiger partial charge in [0.25, 0.3) is 0 Å². The average Bonchev–Trinajstić information content (AvgIpc) is 2.74. The molecular weight excluding hydrogens is 407 g/mol. The predicted octanol–water partition coefficient (Wildman–Crippen LogP) is 4.12. The summed E-state index contributed by atoms with van der Waals surface area (Å²) in [7, 11) is 0. The van der Waals surface area contributed by atoms with Crippen LogP contribution in [-0.4, -0.2) is 22.5 Å². The van der Waals surface area contributed by atoms with E-state index in [0.29, 0.717) is 35.8 Å². The maximum Gasteiger partial charge on any atom is 0.324 e. The molecule has 0 atom stereocenters. The highest BCUT2D eigenvalue weighted by molar-refractivity contribution is 6.31. The molecule has 0 fully saturated rings. The molecule has 3 N–H and O–H groups in total. The van der Waals surface area contributed by atoms with Crippen LogP contribution in [0, 0.1) is 17.1 Å². The summed E-state index contributed by atoms with van der Waals surface area (Å²) >= 11 is 6.32. The number of nitrogens with one attached hydrogen (secondary N) is 3. The standard InChI is InChI=1S/C21H18ClFN6O/c22-18-9-16(28-21(30)29-20-13-26-17(10-24)12-27-20)6-5-14(18)7-8-25-11-15-3-1-2-4-19(15)23/h1-6,9,12-13,25H,7-8,11H2,(H2,27,28,29,30). The average molecular weight is 425 g/mol. The Morgan fingerprint density at radius 3 is 2.63 bits per heavy atom. The van der Waals surface area contributed by atoms with Crippen molar-refractivity contribution in [3.8, 4) is 6.07 Å². The van der Waals surface area contributed by atoms with Crippen molar-refractivity contribution in [2.45, 2.75) is 13.0 Å². The maximum absolute atomic E-state index is 13.6. The monoisotopic (exact) mass is 424 g/mol. The van der Waals surface area contributed by atoms with E-state index in [1.165, 1.54) is 18.5 Å². The van der Waals surface area contributed by atoms with Crippen LogP contribution in [0.5, 0.6) is 0 Å². The number of nitriles is 1. The second-order valence-electron chi connectivity index (χ2n) is 6.30. The summed E-state index contributed by atoms with van der Waals surface area (Å²) in [4.78, 5) is 19.8. The first kappa shape index (κ1) is 21.2. The lowest BCUT2D eigenvalue weighted by Crippen LogP contribution is -2.20. The zero-order chi connectivity index (χ0) is 21.3. The molecule has 1 heterocycles. The van der Waals surface area contributed by atoms with E-state index in [9.17, 15) is 9.18 Å². The van der Waals surface area contributed by atoms with E-state index in [-0.39, 0.29) is 17.3 Å². The van der Waals surface area contributed by atoms with Crippen LogP contribution in [0.3, 0.4) is 0 Å². The number of urea groups is 1. The van der Waals surface area contributed by atoms with Gasteiger partial charge in [0.05, 0.1) is 12.4 Å². The van der Waals surface area contributed by atoms with E-state index in [1.54, 1.807) is 30.3 Å². The largest absolute Gasteiger partial charge is 0.324 e. The summed E-state index contributed by atoms with van der Waals surface area (Å²) in [6.07, 6.45) is 3.21. The summed E-state index contributed by atoms with van der Waals surface area (Å²) < 4.78 is 13.6. The molecule has 0 saturated heterocycles. The van der Waals surface area contributed by atoms with Gasteiger partial charge in [-0.05, 0) is 36.7 Å². The number of hydrogen-bond acceptors (Lipinski definition) is 5. The first-order valence-electron chi connectivity index (χ1n) is 9.08. The molecule has 3 aromatic rings. The smallest absolute Gasteiger partial charge is 0.312 e. The topological polar surface area (TPSA) is 103 Å². The SMILES string of the molecule is N#Cc1cnc(NC(=O)Nc2ccc(CCNCc3ccccc3F)c(Cl)c2)cn1. The Kier molecular flexibility index (Phi) is 7.27. The number of halogens is 2. The highest BCUT2D eigenvalue weighted by atomic mass is 35.5. The summed E-state index contributed by atoms with van der Waals surface area (Å²) in [6, 6.07) is 13.2. The number of carbonyl (C=O) groups is 1. The molecule has 3 rings (SSSR count). The fraction of sp³-hybridized carbons (Fsp3) is 0.143. The number of aromatic nitrogens is 2. The van der Waals surface area contributed by atoms with Crippen molar-refractivity contribution in [3.05, 3.63) is 82.5 Å². The van der Waals surface area contributed by atoms with Crippen molar-refractivity contribution in [1.82, 2.24) is 15.3 Å². The lowest BCUT2D eigenvalue weighted by molar-refractivity contribution is 0.262. The zero-order valence-corrected chi connectivity index (χ0v) is 16.6. The molecule has 0 aliphatic heterocycles. The molecule has 0 saturated carbocycles. The number of hydrogen-bond donors (Lipinski definition) is 3. The van der Waals surface area contributed by atoms with Gasteiger partial charge in [0.15, 0.2) is 11.5 Å². The van der Waals surface area contributed by atoms with Crippen molar-refractivity contribution < 1.29 is 9.18 Å². The zero-order valence-electron chi connectivity index (χ0n) is 15.8. The van der Waals surface area contributed by atoms with Crippen LogP contribution in [0.15, 0.2) is 54.9 Å². The van der Waals surface area contributed by atoms with Gasteiger partial charge in [-0.25, -0.2) is 19.2 Å². The molecule has 2 aromatic carbocycles. The molecule has 1 aromatic heterocycles. The fourth-order valence-corrected chi connectivity index (χ4v) is 2.92. The molecule has 7 nitrogen and oxygen atoms in total. The predicted molar refractivity (Wildman–Crippen MR) is 113 cm³/mol. The molecule has 0 aliphatic rings. The van der Waals surface area contributed by atoms with Gasteiger partial charge in [-0.1, -0.05) is 35.9 Å². The number of nitrogens with zero attached hydrogens (tertiary/aromatic N) is 3. The minimum absolute atomic E-state index is 0.159. The Bertz CT molecular complexity index is 1070. The Hall–Kier alpha value is -3.54. The number of rotatable bonds is 7. The third-order valence-corrected chi connectivity index (χ3v) is 4.52. The van der Waals surface area contributed by atoms with Crippen molar-refractivity contribution in [2.24, 2.45) is 0 Å². The van der Waals surface area contributed by atoms with Gasteiger partial charge in [0, 0.05) is 22.8 Å². The quantitative estimate of drug-likeness (QED) is 0.495. The molecule has 0 spiro atoms. The van der Waals surface area contributed by atoms with E-state index in [1.807, 2.05) is 12.1 Å². The van der Waals surface area contributed by atoms with E-state index in [0.717, 1.165) is 5.56 Å². The molecule has 152 valence electrons. The van der Waals surface area contributed by atoms with Gasteiger partial charge < -0.3 is 10.6 Å². The van der Waals surface area contributed by atoms with Crippen LogP contribution in [0.1, 0.15) is 16.8 Å². The number of benzene rings is 2. The summed E-state index contributed by atoms with van der Waals surface area (Å²) in [5.74, 6) is -0.0149. The molecule has 0 aliphatic carbocycles. The first-order valence-corrected chi connectivity index (χ1v) is 9.45. The Morgan fingerprint density at radius 2 is 1.93 bits per heavy atom. The highest BCUT2D eigenvalue weighted by Gasteiger charge is 2.07. The third kappa shape index (κ3) is 5.98. The molecule has 0 radical (unpaired) electrons. The van der Waals surface area contributed by atoms with Crippen molar-refractivity contribution >= 4 is 29.1 Å². The first-order chi connectivity index (χ1) is 14.5. The van der Waals surface area contributed by atoms with Gasteiger partial charge in [-0.3, -0.25) is 5.32 Å². The number of carbonyl (C=O) groups excluding carboxylic acids is 1. The van der Waals surface area contributed by atoms with Gasteiger partial charge >= 0.3 is 6.03 Å². The van der Waals surface area contributed by atoms with E-state index >= 15 is 0 Å². The molecule has 0 bridgehead atoms. The highest BCUT2D eigenvalue weighted by Crippen LogP contribution is 2.21. The van der Waals surface area contributed by atoms with E-state index in [4.69, 9.17) is 16.9 Å². The van der Waals surface area contributed by atoms with Crippen LogP contribution < -0.4 is 16.0 Å². The summed E-state index contributed by atoms with van der Waals surface area (Å²) in [5, 5.41) is 17.6. The fourth-order valence-electron chi connectivity index (χ4n) is 2.64. The Balaban J connectivity index is 1.48. The molecule has 0 unspecified atom stereocenters. The van der Waals surface area contributed by atoms with Crippen molar-refractivity contribution in [1.29, 1.82) is 5.26 Å². The van der Waals surface area contributed by atoms with Crippen LogP contribution in [0.2, 0.25) is 5.02 Å². The van der Waals surface area contributed by atoms with Crippen molar-refractivity contribution in [2.75, 3.05) is 17.2 Å². The van der Waals surface area contributed by atoms with Crippen LogP contribution >= 0.6 is 11.6 Å². The van der Waals surface area contributed by atoms with Gasteiger partial charge in [0.2, 0.25) is 0 Å². The normalized spacial score (nSPS) is 10.3. The second-order valence-corrected chi connectivity index (χ2v) is 6.71. The summed E-state index contributed by atoms with van der Waals surface area (Å²) in [5.41, 5.74) is 2.19. The minimum Gasteiger partial charge on any atom is -0.312 e. The van der Waals surface area contributed by atoms with Crippen molar-refractivity contribution in [3.63, 3.8) is 0 Å². The number of amides is 2. The Labute approximate surface area is 177 Å². The Morgan fingerprint density at radius 1 is 1.10 bits per heavy atom. The lowest BCUT2D eigenvalue weighted by atomic mass is 10.1. The van der Waals surface area contributed by atoms with Gasteiger partial charge in [0.1, 0.15) is 11.9 Å². The van der Waals surface area contributed by atoms with Crippen LogP contribution in [0.4, 0.5) is 20.7 Å². The molecule has 30 heavy (non-hydrogen) atoms. The van der Waals surface area contributed by atoms with Gasteiger partial charge in [-0.15, -0.1) is 0 Å². The molecule has 2 amide bonds. The lowest BCUT2D eigenvalue weighted by Gasteiger charge is -2.10. The number of anilines is 2. The van der Waals surface area contributed by atoms with Crippen LogP contribution in [0.25, 0.3) is 0 Å². The molecule has 9 heteroatoms. The minimum atomic E-state index is -0.510. The van der Waals surface area contributed by atoms with E-state index < -0.39 is 6.03 Å². The van der Waals surface area contributed by atoms with E-state index in [2.05, 4.69) is 25.9 Å². The van der Waals surface area contributed by atoms with Gasteiger partial charge in [-0.2, -0.15) is 5.26 Å². The third-order valence-electron chi connectivity index (χ3n) is 4.16.